The van der Waals surface area contributed by atoms with Crippen molar-refractivity contribution in [3.8, 4) is 11.1 Å². The van der Waals surface area contributed by atoms with Crippen LogP contribution in [0, 0.1) is 0 Å². The maximum absolute atomic E-state index is 12.0. The highest BCUT2D eigenvalue weighted by molar-refractivity contribution is 5.76. The highest BCUT2D eigenvalue weighted by Gasteiger charge is 2.09. The maximum atomic E-state index is 12.0. The average Bonchev–Trinajstić information content (AvgIpc) is 2.62. The minimum absolute atomic E-state index is 0.0337. The van der Waals surface area contributed by atoms with Crippen LogP contribution in [0.2, 0.25) is 0 Å². The summed E-state index contributed by atoms with van der Waals surface area (Å²) in [6.45, 7) is 2.77. The molecule has 0 radical (unpaired) electrons. The summed E-state index contributed by atoms with van der Waals surface area (Å²) in [4.78, 5) is 12.0. The van der Waals surface area contributed by atoms with Gasteiger partial charge in [0.25, 0.3) is 0 Å². The third-order valence-corrected chi connectivity index (χ3v) is 4.25. The third kappa shape index (κ3) is 5.82. The van der Waals surface area contributed by atoms with Crippen LogP contribution in [-0.2, 0) is 4.79 Å². The molecular formula is C21H28N2O. The summed E-state index contributed by atoms with van der Waals surface area (Å²) in [5.74, 6) is 0.127. The summed E-state index contributed by atoms with van der Waals surface area (Å²) in [5, 5.41) is 3.08. The summed E-state index contributed by atoms with van der Waals surface area (Å²) in [6, 6.07) is 18.7. The summed E-state index contributed by atoms with van der Waals surface area (Å²) >= 11 is 0. The van der Waals surface area contributed by atoms with E-state index < -0.39 is 0 Å². The van der Waals surface area contributed by atoms with Crippen molar-refractivity contribution in [1.29, 1.82) is 0 Å². The van der Waals surface area contributed by atoms with Crippen molar-refractivity contribution >= 4 is 5.91 Å². The van der Waals surface area contributed by atoms with E-state index in [1.54, 1.807) is 0 Å². The first-order valence-corrected chi connectivity index (χ1v) is 8.85. The number of carbonyl (C=O) groups is 1. The quantitative estimate of drug-likeness (QED) is 0.670. The Morgan fingerprint density at radius 3 is 2.21 bits per heavy atom. The molecule has 0 spiro atoms. The number of benzene rings is 2. The molecule has 1 unspecified atom stereocenters. The molecule has 0 heterocycles. The van der Waals surface area contributed by atoms with Gasteiger partial charge in [-0.15, -0.1) is 0 Å². The van der Waals surface area contributed by atoms with Gasteiger partial charge in [0, 0.05) is 6.42 Å². The van der Waals surface area contributed by atoms with Crippen LogP contribution in [0.3, 0.4) is 0 Å². The van der Waals surface area contributed by atoms with Crippen LogP contribution in [0.5, 0.6) is 0 Å². The smallest absolute Gasteiger partial charge is 0.220 e. The van der Waals surface area contributed by atoms with Gasteiger partial charge in [0.2, 0.25) is 5.91 Å². The van der Waals surface area contributed by atoms with Crippen LogP contribution >= 0.6 is 0 Å². The monoisotopic (exact) mass is 324 g/mol. The fourth-order valence-corrected chi connectivity index (χ4v) is 2.78. The molecule has 3 N–H and O–H groups in total. The van der Waals surface area contributed by atoms with E-state index in [1.807, 2.05) is 25.1 Å². The molecule has 2 aromatic rings. The lowest BCUT2D eigenvalue weighted by Gasteiger charge is -2.15. The van der Waals surface area contributed by atoms with Crippen molar-refractivity contribution in [2.45, 2.75) is 45.1 Å². The molecule has 0 fully saturated rings. The molecule has 0 aliphatic rings. The number of hydrogen-bond acceptors (Lipinski definition) is 2. The van der Waals surface area contributed by atoms with Gasteiger partial charge in [-0.1, -0.05) is 67.4 Å². The second-order valence-corrected chi connectivity index (χ2v) is 6.23. The average molecular weight is 324 g/mol. The zero-order chi connectivity index (χ0) is 17.2. The normalized spacial score (nSPS) is 11.9. The predicted octanol–water partition coefficient (Wildman–Crippen LogP) is 4.44. The van der Waals surface area contributed by atoms with Crippen LogP contribution in [-0.4, -0.2) is 12.5 Å². The Bertz CT molecular complexity index is 607. The highest BCUT2D eigenvalue weighted by atomic mass is 16.1. The largest absolute Gasteiger partial charge is 0.350 e. The van der Waals surface area contributed by atoms with E-state index in [9.17, 15) is 4.79 Å². The summed E-state index contributed by atoms with van der Waals surface area (Å²) in [5.41, 5.74) is 9.00. The Morgan fingerprint density at radius 1 is 0.917 bits per heavy atom. The third-order valence-electron chi connectivity index (χ3n) is 4.25. The van der Waals surface area contributed by atoms with Gasteiger partial charge >= 0.3 is 0 Å². The number of carbonyl (C=O) groups excluding carboxylic acids is 1. The number of nitrogens with one attached hydrogen (secondary N) is 1. The second-order valence-electron chi connectivity index (χ2n) is 6.23. The summed E-state index contributed by atoms with van der Waals surface area (Å²) in [6.07, 6.45) is 4.76. The van der Waals surface area contributed by atoms with Crippen LogP contribution < -0.4 is 11.1 Å². The molecular weight excluding hydrogens is 296 g/mol. The number of unbranched alkanes of at least 4 members (excludes halogenated alkanes) is 3. The van der Waals surface area contributed by atoms with E-state index in [4.69, 9.17) is 5.73 Å². The molecule has 24 heavy (non-hydrogen) atoms. The van der Waals surface area contributed by atoms with Crippen LogP contribution in [0.1, 0.15) is 50.6 Å². The Labute approximate surface area is 145 Å². The SMILES string of the molecule is CC(NC(=O)CCCCCCN)c1ccc(-c2ccccc2)cc1. The van der Waals surface area contributed by atoms with Gasteiger partial charge in [-0.05, 0) is 43.0 Å². The molecule has 128 valence electrons. The zero-order valence-electron chi connectivity index (χ0n) is 14.5. The van der Waals surface area contributed by atoms with Crippen LogP contribution in [0.4, 0.5) is 0 Å². The minimum Gasteiger partial charge on any atom is -0.350 e. The minimum atomic E-state index is 0.0337. The molecule has 0 saturated carbocycles. The van der Waals surface area contributed by atoms with E-state index in [0.717, 1.165) is 37.8 Å². The molecule has 2 aromatic carbocycles. The van der Waals surface area contributed by atoms with E-state index >= 15 is 0 Å². The molecule has 0 aromatic heterocycles. The van der Waals surface area contributed by atoms with Crippen LogP contribution in [0.15, 0.2) is 54.6 Å². The van der Waals surface area contributed by atoms with Gasteiger partial charge in [0.1, 0.15) is 0 Å². The number of hydrogen-bond donors (Lipinski definition) is 2. The molecule has 1 atom stereocenters. The van der Waals surface area contributed by atoms with Crippen molar-refractivity contribution < 1.29 is 4.79 Å². The van der Waals surface area contributed by atoms with Crippen molar-refractivity contribution in [2.75, 3.05) is 6.54 Å². The van der Waals surface area contributed by atoms with E-state index in [2.05, 4.69) is 41.7 Å². The van der Waals surface area contributed by atoms with Gasteiger partial charge in [0.05, 0.1) is 6.04 Å². The lowest BCUT2D eigenvalue weighted by molar-refractivity contribution is -0.121. The maximum Gasteiger partial charge on any atom is 0.220 e. The molecule has 1 amide bonds. The Morgan fingerprint density at radius 2 is 1.54 bits per heavy atom. The Kier molecular flexibility index (Phi) is 7.50. The predicted molar refractivity (Wildman–Crippen MR) is 101 cm³/mol. The van der Waals surface area contributed by atoms with E-state index in [1.165, 1.54) is 11.1 Å². The fraction of sp³-hybridized carbons (Fsp3) is 0.381. The van der Waals surface area contributed by atoms with Gasteiger partial charge in [-0.3, -0.25) is 4.79 Å². The molecule has 3 heteroatoms. The molecule has 2 rings (SSSR count). The molecule has 0 aliphatic heterocycles. The Hall–Kier alpha value is -2.13. The van der Waals surface area contributed by atoms with E-state index in [0.29, 0.717) is 6.42 Å². The molecule has 0 saturated heterocycles. The zero-order valence-corrected chi connectivity index (χ0v) is 14.5. The highest BCUT2D eigenvalue weighted by Crippen LogP contribution is 2.21. The van der Waals surface area contributed by atoms with Crippen LogP contribution in [0.25, 0.3) is 11.1 Å². The first-order valence-electron chi connectivity index (χ1n) is 8.85. The lowest BCUT2D eigenvalue weighted by atomic mass is 10.0. The van der Waals surface area contributed by atoms with E-state index in [-0.39, 0.29) is 11.9 Å². The first-order chi connectivity index (χ1) is 11.7. The summed E-state index contributed by atoms with van der Waals surface area (Å²) in [7, 11) is 0. The molecule has 3 nitrogen and oxygen atoms in total. The second kappa shape index (κ2) is 9.89. The van der Waals surface area contributed by atoms with Gasteiger partial charge in [-0.2, -0.15) is 0 Å². The number of amides is 1. The Balaban J connectivity index is 1.82. The first kappa shape index (κ1) is 18.2. The van der Waals surface area contributed by atoms with Crippen molar-refractivity contribution in [3.05, 3.63) is 60.2 Å². The van der Waals surface area contributed by atoms with Crippen molar-refractivity contribution in [2.24, 2.45) is 5.73 Å². The molecule has 0 bridgehead atoms. The van der Waals surface area contributed by atoms with Gasteiger partial charge in [-0.25, -0.2) is 0 Å². The van der Waals surface area contributed by atoms with Crippen molar-refractivity contribution in [1.82, 2.24) is 5.32 Å². The van der Waals surface area contributed by atoms with Gasteiger partial charge < -0.3 is 11.1 Å². The summed E-state index contributed by atoms with van der Waals surface area (Å²) < 4.78 is 0. The number of nitrogens with two attached hydrogens (primary N) is 1. The molecule has 0 aliphatic carbocycles. The standard InChI is InChI=1S/C21H28N2O/c1-17(23-21(24)11-7-2-3-8-16-22)18-12-14-20(15-13-18)19-9-5-4-6-10-19/h4-6,9-10,12-15,17H,2-3,7-8,11,16,22H2,1H3,(H,23,24). The van der Waals surface area contributed by atoms with Gasteiger partial charge in [0.15, 0.2) is 0 Å². The van der Waals surface area contributed by atoms with Crippen molar-refractivity contribution in [3.63, 3.8) is 0 Å². The fourth-order valence-electron chi connectivity index (χ4n) is 2.78. The lowest BCUT2D eigenvalue weighted by Crippen LogP contribution is -2.26. The number of rotatable bonds is 9. The topological polar surface area (TPSA) is 55.1 Å².